The molecule has 1 fully saturated rings. The number of halogens is 1. The molecule has 1 heterocycles. The molecule has 4 nitrogen and oxygen atoms in total. The molecule has 1 aromatic rings. The normalized spacial score (nSPS) is 22.1. The second-order valence-electron chi connectivity index (χ2n) is 7.78. The van der Waals surface area contributed by atoms with E-state index in [2.05, 4.69) is 30.4 Å². The highest BCUT2D eigenvalue weighted by Gasteiger charge is 2.32. The van der Waals surface area contributed by atoms with Gasteiger partial charge in [0, 0.05) is 13.1 Å². The van der Waals surface area contributed by atoms with Gasteiger partial charge in [-0.15, -0.1) is 0 Å². The lowest BCUT2D eigenvalue weighted by Gasteiger charge is -2.37. The fraction of sp³-hybridized carbons (Fsp3) is 0.667. The molecule has 1 amide bonds. The summed E-state index contributed by atoms with van der Waals surface area (Å²) in [5.41, 5.74) is 2.59. The molecular formula is C21H31FN2O2. The van der Waals surface area contributed by atoms with Gasteiger partial charge in [-0.3, -0.25) is 4.79 Å². The first-order chi connectivity index (χ1) is 12.6. The van der Waals surface area contributed by atoms with E-state index < -0.39 is 18.3 Å². The van der Waals surface area contributed by atoms with E-state index >= 15 is 0 Å². The average molecular weight is 362 g/mol. The number of hydrogen-bond acceptors (Lipinski definition) is 3. The maximum Gasteiger partial charge on any atom is 0.237 e. The Morgan fingerprint density at radius 2 is 2.12 bits per heavy atom. The summed E-state index contributed by atoms with van der Waals surface area (Å²) in [7, 11) is 0. The highest BCUT2D eigenvalue weighted by atomic mass is 19.1. The van der Waals surface area contributed by atoms with Gasteiger partial charge >= 0.3 is 0 Å². The van der Waals surface area contributed by atoms with Crippen molar-refractivity contribution in [1.82, 2.24) is 10.2 Å². The van der Waals surface area contributed by atoms with Crippen LogP contribution in [0.25, 0.3) is 0 Å². The van der Waals surface area contributed by atoms with Crippen LogP contribution < -0.4 is 5.32 Å². The Labute approximate surface area is 155 Å². The van der Waals surface area contributed by atoms with Crippen LogP contribution in [0.1, 0.15) is 61.8 Å². The number of rotatable bonds is 6. The molecule has 26 heavy (non-hydrogen) atoms. The van der Waals surface area contributed by atoms with E-state index in [0.717, 1.165) is 49.7 Å². The fourth-order valence-electron chi connectivity index (χ4n) is 4.32. The number of amides is 1. The molecule has 5 heteroatoms. The molecule has 0 aromatic heterocycles. The van der Waals surface area contributed by atoms with Crippen LogP contribution in [0.5, 0.6) is 0 Å². The maximum absolute atomic E-state index is 13.8. The fourth-order valence-corrected chi connectivity index (χ4v) is 4.32. The summed E-state index contributed by atoms with van der Waals surface area (Å²) in [6.07, 6.45) is 6.51. The third-order valence-electron chi connectivity index (χ3n) is 5.96. The lowest BCUT2D eigenvalue weighted by molar-refractivity contribution is -0.133. The molecule has 0 saturated heterocycles. The van der Waals surface area contributed by atoms with Crippen LogP contribution in [0.15, 0.2) is 18.2 Å². The predicted molar refractivity (Wildman–Crippen MR) is 101 cm³/mol. The Hall–Kier alpha value is -1.46. The Bertz CT molecular complexity index is 628. The zero-order valence-corrected chi connectivity index (χ0v) is 15.8. The molecule has 1 aliphatic carbocycles. The summed E-state index contributed by atoms with van der Waals surface area (Å²) in [5, 5.41) is 13.7. The van der Waals surface area contributed by atoms with Gasteiger partial charge in [-0.05, 0) is 42.4 Å². The van der Waals surface area contributed by atoms with Crippen LogP contribution >= 0.6 is 0 Å². The van der Waals surface area contributed by atoms with E-state index in [1.807, 2.05) is 0 Å². The monoisotopic (exact) mass is 362 g/mol. The van der Waals surface area contributed by atoms with Crippen molar-refractivity contribution in [2.75, 3.05) is 26.3 Å². The summed E-state index contributed by atoms with van der Waals surface area (Å²) < 4.78 is 13.8. The van der Waals surface area contributed by atoms with Crippen LogP contribution in [0.2, 0.25) is 0 Å². The Morgan fingerprint density at radius 3 is 2.81 bits per heavy atom. The molecule has 2 N–H and O–H groups in total. The van der Waals surface area contributed by atoms with Gasteiger partial charge in [-0.25, -0.2) is 4.39 Å². The number of hydrogen-bond donors (Lipinski definition) is 2. The molecule has 0 spiro atoms. The highest BCUT2D eigenvalue weighted by molar-refractivity contribution is 5.79. The van der Waals surface area contributed by atoms with Crippen LogP contribution in [0.4, 0.5) is 4.39 Å². The first-order valence-corrected chi connectivity index (χ1v) is 9.96. The van der Waals surface area contributed by atoms with Gasteiger partial charge in [0.15, 0.2) is 0 Å². The lowest BCUT2D eigenvalue weighted by Crippen LogP contribution is -2.48. The largest absolute Gasteiger partial charge is 0.389 e. The van der Waals surface area contributed by atoms with E-state index in [0.29, 0.717) is 13.1 Å². The van der Waals surface area contributed by atoms with E-state index in [4.69, 9.17) is 0 Å². The number of aliphatic hydroxyl groups is 1. The second-order valence-corrected chi connectivity index (χ2v) is 7.78. The Morgan fingerprint density at radius 1 is 1.35 bits per heavy atom. The van der Waals surface area contributed by atoms with Gasteiger partial charge in [0.2, 0.25) is 5.91 Å². The van der Waals surface area contributed by atoms with Crippen molar-refractivity contribution in [2.24, 2.45) is 0 Å². The summed E-state index contributed by atoms with van der Waals surface area (Å²) in [5.74, 6) is -0.0837. The number of carbonyl (C=O) groups excluding carboxylic acids is 1. The van der Waals surface area contributed by atoms with E-state index in [1.54, 1.807) is 4.90 Å². The highest BCUT2D eigenvalue weighted by Crippen LogP contribution is 2.31. The predicted octanol–water partition coefficient (Wildman–Crippen LogP) is 2.93. The van der Waals surface area contributed by atoms with E-state index in [1.165, 1.54) is 12.0 Å². The van der Waals surface area contributed by atoms with Crippen molar-refractivity contribution < 1.29 is 14.3 Å². The van der Waals surface area contributed by atoms with Crippen molar-refractivity contribution >= 4 is 5.91 Å². The standard InChI is InChI=1S/C21H31FN2O2/c1-2-16-6-7-17-8-11-24(19(13-22)18(17)12-16)20(25)14-23-15-21(26)9-4-3-5-10-21/h6-7,12,19,23,26H,2-5,8-11,13-15H2,1H3. The molecule has 1 aliphatic heterocycles. The lowest BCUT2D eigenvalue weighted by atomic mass is 9.85. The molecular weight excluding hydrogens is 331 g/mol. The number of nitrogens with zero attached hydrogens (tertiary/aromatic N) is 1. The van der Waals surface area contributed by atoms with E-state index in [-0.39, 0.29) is 12.5 Å². The quantitative estimate of drug-likeness (QED) is 0.818. The van der Waals surface area contributed by atoms with Crippen molar-refractivity contribution in [2.45, 2.75) is 63.5 Å². The van der Waals surface area contributed by atoms with Crippen LogP contribution in [0.3, 0.4) is 0 Å². The minimum Gasteiger partial charge on any atom is -0.389 e. The average Bonchev–Trinajstić information content (AvgIpc) is 2.66. The third kappa shape index (κ3) is 4.26. The molecule has 0 bridgehead atoms. The van der Waals surface area contributed by atoms with Gasteiger partial charge in [-0.2, -0.15) is 0 Å². The van der Waals surface area contributed by atoms with Crippen LogP contribution in [-0.4, -0.2) is 47.8 Å². The van der Waals surface area contributed by atoms with Crippen LogP contribution in [0, 0.1) is 0 Å². The molecule has 1 unspecified atom stereocenters. The number of carbonyl (C=O) groups is 1. The first-order valence-electron chi connectivity index (χ1n) is 9.96. The zero-order chi connectivity index (χ0) is 18.6. The van der Waals surface area contributed by atoms with Gasteiger partial charge in [-0.1, -0.05) is 44.4 Å². The number of alkyl halides is 1. The minimum atomic E-state index is -0.692. The molecule has 0 radical (unpaired) electrons. The van der Waals surface area contributed by atoms with E-state index in [9.17, 15) is 14.3 Å². The number of nitrogens with one attached hydrogen (secondary N) is 1. The topological polar surface area (TPSA) is 52.6 Å². The van der Waals surface area contributed by atoms with Crippen molar-refractivity contribution in [3.05, 3.63) is 34.9 Å². The number of aryl methyl sites for hydroxylation is 1. The summed E-state index contributed by atoms with van der Waals surface area (Å²) in [6.45, 7) is 2.66. The molecule has 1 saturated carbocycles. The molecule has 1 atom stereocenters. The SMILES string of the molecule is CCc1ccc2c(c1)C(CF)N(C(=O)CNCC1(O)CCCCC1)CC2. The molecule has 2 aliphatic rings. The smallest absolute Gasteiger partial charge is 0.237 e. The molecule has 144 valence electrons. The van der Waals surface area contributed by atoms with Crippen molar-refractivity contribution in [3.8, 4) is 0 Å². The van der Waals surface area contributed by atoms with Gasteiger partial charge in [0.05, 0.1) is 18.2 Å². The Kier molecular flexibility index (Phi) is 6.30. The van der Waals surface area contributed by atoms with Gasteiger partial charge < -0.3 is 15.3 Å². The molecule has 1 aromatic carbocycles. The van der Waals surface area contributed by atoms with Gasteiger partial charge in [0.1, 0.15) is 6.67 Å². The third-order valence-corrected chi connectivity index (χ3v) is 5.96. The summed E-state index contributed by atoms with van der Waals surface area (Å²) >= 11 is 0. The first kappa shape index (κ1) is 19.3. The zero-order valence-electron chi connectivity index (χ0n) is 15.8. The Balaban J connectivity index is 1.61. The molecule has 3 rings (SSSR count). The van der Waals surface area contributed by atoms with Crippen LogP contribution in [-0.2, 0) is 17.6 Å². The summed E-state index contributed by atoms with van der Waals surface area (Å²) in [4.78, 5) is 14.4. The number of benzene rings is 1. The second kappa shape index (κ2) is 8.49. The van der Waals surface area contributed by atoms with Crippen molar-refractivity contribution in [3.63, 3.8) is 0 Å². The van der Waals surface area contributed by atoms with Gasteiger partial charge in [0.25, 0.3) is 0 Å². The summed E-state index contributed by atoms with van der Waals surface area (Å²) in [6, 6.07) is 5.74. The minimum absolute atomic E-state index is 0.0837. The maximum atomic E-state index is 13.8. The number of fused-ring (bicyclic) bond motifs is 1. The van der Waals surface area contributed by atoms with Crippen molar-refractivity contribution in [1.29, 1.82) is 0 Å².